The van der Waals surface area contributed by atoms with Gasteiger partial charge in [-0.3, -0.25) is 4.98 Å². The average Bonchev–Trinajstić information content (AvgIpc) is 3.30. The van der Waals surface area contributed by atoms with Gasteiger partial charge < -0.3 is 5.32 Å². The molecule has 110 valence electrons. The number of hydrogen-bond acceptors (Lipinski definition) is 2. The van der Waals surface area contributed by atoms with Gasteiger partial charge in [0.1, 0.15) is 0 Å². The number of halogens is 1. The molecule has 0 unspecified atom stereocenters. The van der Waals surface area contributed by atoms with E-state index >= 15 is 0 Å². The largest absolute Gasteiger partial charge is 0.310 e. The zero-order valence-electron chi connectivity index (χ0n) is 12.6. The molecule has 1 fully saturated rings. The van der Waals surface area contributed by atoms with E-state index in [1.165, 1.54) is 29.4 Å². The minimum atomic E-state index is 0.540. The summed E-state index contributed by atoms with van der Waals surface area (Å²) in [4.78, 5) is 4.57. The van der Waals surface area contributed by atoms with Crippen LogP contribution in [0.5, 0.6) is 0 Å². The van der Waals surface area contributed by atoms with E-state index in [0.717, 1.165) is 22.6 Å². The fraction of sp³-hybridized carbons (Fsp3) is 0.389. The van der Waals surface area contributed by atoms with Crippen molar-refractivity contribution >= 4 is 32.9 Å². The van der Waals surface area contributed by atoms with Crippen LogP contribution in [0.1, 0.15) is 32.3 Å². The topological polar surface area (TPSA) is 24.9 Å². The molecule has 1 aliphatic rings. The molecule has 0 spiro atoms. The van der Waals surface area contributed by atoms with Crippen molar-refractivity contribution in [1.82, 2.24) is 10.3 Å². The van der Waals surface area contributed by atoms with Gasteiger partial charge in [0.15, 0.2) is 0 Å². The monoisotopic (exact) mass is 344 g/mol. The van der Waals surface area contributed by atoms with Crippen molar-refractivity contribution in [2.75, 3.05) is 6.54 Å². The van der Waals surface area contributed by atoms with Crippen LogP contribution in [0.4, 0.5) is 0 Å². The van der Waals surface area contributed by atoms with Crippen molar-refractivity contribution in [2.24, 2.45) is 5.92 Å². The molecule has 0 atom stereocenters. The lowest BCUT2D eigenvalue weighted by atomic mass is 9.99. The molecule has 1 heterocycles. The highest BCUT2D eigenvalue weighted by Gasteiger charge is 2.20. The molecule has 1 N–H and O–H groups in total. The Bertz CT molecular complexity index is 672. The van der Waals surface area contributed by atoms with Crippen LogP contribution in [0.15, 0.2) is 40.5 Å². The normalized spacial score (nSPS) is 15.9. The zero-order chi connectivity index (χ0) is 14.8. The highest BCUT2D eigenvalue weighted by atomic mass is 79.9. The summed E-state index contributed by atoms with van der Waals surface area (Å²) in [6, 6.07) is 9.10. The molecule has 1 aromatic heterocycles. The Morgan fingerprint density at radius 1 is 1.38 bits per heavy atom. The molecule has 2 nitrogen and oxygen atoms in total. The van der Waals surface area contributed by atoms with E-state index in [-0.39, 0.29) is 0 Å². The second-order valence-electron chi connectivity index (χ2n) is 6.07. The lowest BCUT2D eigenvalue weighted by Gasteiger charge is -2.13. The van der Waals surface area contributed by atoms with Crippen molar-refractivity contribution in [1.29, 1.82) is 0 Å². The Labute approximate surface area is 134 Å². The van der Waals surface area contributed by atoms with E-state index in [9.17, 15) is 0 Å². The summed E-state index contributed by atoms with van der Waals surface area (Å²) < 4.78 is 1.10. The third-order valence-corrected chi connectivity index (χ3v) is 4.69. The second-order valence-corrected chi connectivity index (χ2v) is 6.92. The Kier molecular flexibility index (Phi) is 4.41. The van der Waals surface area contributed by atoms with E-state index < -0.39 is 0 Å². The van der Waals surface area contributed by atoms with Crippen LogP contribution in [-0.4, -0.2) is 17.6 Å². The fourth-order valence-corrected chi connectivity index (χ4v) is 2.90. The predicted octanol–water partition coefficient (Wildman–Crippen LogP) is 4.79. The molecule has 1 saturated carbocycles. The van der Waals surface area contributed by atoms with Gasteiger partial charge in [-0.25, -0.2) is 0 Å². The predicted molar refractivity (Wildman–Crippen MR) is 93.3 cm³/mol. The van der Waals surface area contributed by atoms with Gasteiger partial charge in [-0.2, -0.15) is 0 Å². The summed E-state index contributed by atoms with van der Waals surface area (Å²) in [6.07, 6.45) is 6.83. The van der Waals surface area contributed by atoms with Crippen LogP contribution < -0.4 is 5.32 Å². The van der Waals surface area contributed by atoms with Crippen LogP contribution in [0, 0.1) is 5.92 Å². The number of nitrogens with one attached hydrogen (secondary N) is 1. The maximum absolute atomic E-state index is 4.57. The summed E-state index contributed by atoms with van der Waals surface area (Å²) in [5.41, 5.74) is 3.71. The zero-order valence-corrected chi connectivity index (χ0v) is 14.2. The first-order valence-corrected chi connectivity index (χ1v) is 8.41. The molecule has 0 radical (unpaired) electrons. The van der Waals surface area contributed by atoms with Crippen LogP contribution in [0.25, 0.3) is 17.0 Å². The summed E-state index contributed by atoms with van der Waals surface area (Å²) in [7, 11) is 0. The molecule has 3 heteroatoms. The number of benzene rings is 1. The minimum absolute atomic E-state index is 0.540. The maximum Gasteiger partial charge on any atom is 0.0785 e. The van der Waals surface area contributed by atoms with Crippen molar-refractivity contribution in [3.8, 4) is 0 Å². The van der Waals surface area contributed by atoms with Crippen LogP contribution >= 0.6 is 15.9 Å². The quantitative estimate of drug-likeness (QED) is 0.843. The maximum atomic E-state index is 4.57. The van der Waals surface area contributed by atoms with Gasteiger partial charge in [0.25, 0.3) is 0 Å². The Balaban J connectivity index is 1.97. The molecule has 21 heavy (non-hydrogen) atoms. The molecule has 0 bridgehead atoms. The van der Waals surface area contributed by atoms with E-state index in [0.29, 0.717) is 5.92 Å². The number of pyridine rings is 1. The average molecular weight is 345 g/mol. The highest BCUT2D eigenvalue weighted by molar-refractivity contribution is 9.10. The Hall–Kier alpha value is -1.19. The third kappa shape index (κ3) is 3.53. The summed E-state index contributed by atoms with van der Waals surface area (Å²) in [6.45, 7) is 5.50. The van der Waals surface area contributed by atoms with Crippen molar-refractivity contribution in [2.45, 2.75) is 32.7 Å². The SMILES string of the molecule is CC(C)/C(=C/c1ccc(Br)c2cccnc12)CNC1CC1. The number of hydrogen-bond donors (Lipinski definition) is 1. The van der Waals surface area contributed by atoms with Gasteiger partial charge in [-0.05, 0) is 30.9 Å². The molecule has 3 rings (SSSR count). The second kappa shape index (κ2) is 6.29. The van der Waals surface area contributed by atoms with E-state index in [4.69, 9.17) is 0 Å². The first-order chi connectivity index (χ1) is 10.1. The number of fused-ring (bicyclic) bond motifs is 1. The number of rotatable bonds is 5. The lowest BCUT2D eigenvalue weighted by molar-refractivity contribution is 0.663. The summed E-state index contributed by atoms with van der Waals surface area (Å²) in [5.74, 6) is 0.540. The van der Waals surface area contributed by atoms with E-state index in [1.807, 2.05) is 12.3 Å². The Morgan fingerprint density at radius 3 is 2.90 bits per heavy atom. The smallest absolute Gasteiger partial charge is 0.0785 e. The van der Waals surface area contributed by atoms with Gasteiger partial charge in [0.2, 0.25) is 0 Å². The number of nitrogens with zero attached hydrogens (tertiary/aromatic N) is 1. The molecular formula is C18H21BrN2. The molecule has 0 saturated heterocycles. The standard InChI is InChI=1S/C18H21BrN2/c1-12(2)14(11-21-15-6-7-15)10-13-5-8-17(19)16-4-3-9-20-18(13)16/h3-5,8-10,12,15,21H,6-7,11H2,1-2H3/b14-10+. The first kappa shape index (κ1) is 14.7. The fourth-order valence-electron chi connectivity index (χ4n) is 2.45. The summed E-state index contributed by atoms with van der Waals surface area (Å²) >= 11 is 3.61. The highest BCUT2D eigenvalue weighted by Crippen LogP contribution is 2.28. The van der Waals surface area contributed by atoms with Crippen LogP contribution in [-0.2, 0) is 0 Å². The number of aromatic nitrogens is 1. The molecule has 2 aromatic rings. The first-order valence-electron chi connectivity index (χ1n) is 7.62. The molecular weight excluding hydrogens is 324 g/mol. The van der Waals surface area contributed by atoms with Gasteiger partial charge >= 0.3 is 0 Å². The van der Waals surface area contributed by atoms with Crippen LogP contribution in [0.3, 0.4) is 0 Å². The molecule has 0 amide bonds. The van der Waals surface area contributed by atoms with Gasteiger partial charge in [0, 0.05) is 34.2 Å². The molecule has 1 aliphatic carbocycles. The Morgan fingerprint density at radius 2 is 2.19 bits per heavy atom. The molecule has 0 aliphatic heterocycles. The lowest BCUT2D eigenvalue weighted by Crippen LogP contribution is -2.21. The van der Waals surface area contributed by atoms with Crippen molar-refractivity contribution < 1.29 is 0 Å². The minimum Gasteiger partial charge on any atom is -0.310 e. The van der Waals surface area contributed by atoms with E-state index in [1.54, 1.807) is 0 Å². The summed E-state index contributed by atoms with van der Waals surface area (Å²) in [5, 5.41) is 4.79. The molecule has 1 aromatic carbocycles. The van der Waals surface area contributed by atoms with Gasteiger partial charge in [-0.1, -0.05) is 53.6 Å². The van der Waals surface area contributed by atoms with Gasteiger partial charge in [0.05, 0.1) is 5.52 Å². The van der Waals surface area contributed by atoms with Crippen molar-refractivity contribution in [3.05, 3.63) is 46.1 Å². The van der Waals surface area contributed by atoms with Crippen molar-refractivity contribution in [3.63, 3.8) is 0 Å². The van der Waals surface area contributed by atoms with E-state index in [2.05, 4.69) is 64.4 Å². The van der Waals surface area contributed by atoms with Crippen LogP contribution in [0.2, 0.25) is 0 Å². The van der Waals surface area contributed by atoms with Gasteiger partial charge in [-0.15, -0.1) is 0 Å². The third-order valence-electron chi connectivity index (χ3n) is 4.00.